The number of nitrogens with one attached hydrogen (secondary N) is 2. The summed E-state index contributed by atoms with van der Waals surface area (Å²) in [5.74, 6) is -3.94. The molecule has 0 bridgehead atoms. The predicted molar refractivity (Wildman–Crippen MR) is 613 cm³/mol. The highest BCUT2D eigenvalue weighted by Gasteiger charge is 2.29. The summed E-state index contributed by atoms with van der Waals surface area (Å²) < 4.78 is 28.2. The van der Waals surface area contributed by atoms with Crippen LogP contribution in [0.25, 0.3) is 45.8 Å². The number of nitrogens with two attached hydrogens (primary N) is 1. The van der Waals surface area contributed by atoms with E-state index in [0.717, 1.165) is 75.4 Å². The summed E-state index contributed by atoms with van der Waals surface area (Å²) in [5, 5.41) is 35.1. The minimum absolute atomic E-state index is 0.0142. The third-order valence-electron chi connectivity index (χ3n) is 21.2. The molecule has 10 aromatic rings. The Hall–Kier alpha value is -13.5. The number of hydrogen-bond acceptors (Lipinski definition) is 23. The Morgan fingerprint density at radius 3 is 0.960 bits per heavy atom. The van der Waals surface area contributed by atoms with E-state index in [-0.39, 0.29) is 91.9 Å². The molecule has 0 aliphatic carbocycles. The van der Waals surface area contributed by atoms with Gasteiger partial charge in [-0.3, -0.25) is 57.3 Å². The maximum Gasteiger partial charge on any atom is 0.355 e. The molecule has 8 aromatic carbocycles. The van der Waals surface area contributed by atoms with Crippen molar-refractivity contribution in [1.82, 2.24) is 29.6 Å². The third-order valence-corrected chi connectivity index (χ3v) is 22.5. The van der Waals surface area contributed by atoms with Crippen molar-refractivity contribution in [1.29, 1.82) is 0 Å². The molecule has 2 aromatic heterocycles. The van der Waals surface area contributed by atoms with Gasteiger partial charge in [-0.05, 0) is 293 Å². The van der Waals surface area contributed by atoms with E-state index >= 15 is 0 Å². The molecule has 0 saturated heterocycles. The SMILES string of the molecule is C=Cc1cccc(C)c1C(=O)Cl.C=Cc1cccc(C)c1C(=O)Cl.C=Cc1cccc(C)c1C(=O)N(CC(=O)OCC)C(C)C.C=Cc1cccc(C)c1C(=O)O.CC(C)N.CCOC(=O)CN(C(=O)c1c(C)cccc1C=O)C(C)C.CCOC(=O)CNC(C)C.CCOC(=O)CNC(C)C.CCOC(=O)c1cc2cccc(C)c2c(=O)n1C(C)C.Cc1cccc(I)c1C(=O)O.Cc1cccc2cc(CO)n(C(C)C)c(=O)c12. The molecule has 814 valence electrons. The summed E-state index contributed by atoms with van der Waals surface area (Å²) in [4.78, 5) is 165. The molecule has 2 heterocycles. The summed E-state index contributed by atoms with van der Waals surface area (Å²) in [5.41, 5.74) is 18.9. The van der Waals surface area contributed by atoms with E-state index in [2.05, 4.69) is 36.9 Å². The van der Waals surface area contributed by atoms with E-state index in [1.54, 1.807) is 133 Å². The highest BCUT2D eigenvalue weighted by Crippen LogP contribution is 2.26. The minimum atomic E-state index is -0.900. The number of carbonyl (C=O) groups excluding carboxylic acids is 10. The number of aromatic carboxylic acids is 2. The number of aldehydes is 1. The average Bonchev–Trinajstić information content (AvgIpc) is 0.767. The van der Waals surface area contributed by atoms with Crippen LogP contribution in [0, 0.1) is 59.0 Å². The number of nitrogens with zero attached hydrogens (tertiary/aromatic N) is 4. The topological polar surface area (TPSA) is 412 Å². The molecule has 10 rings (SSSR count). The lowest BCUT2D eigenvalue weighted by Crippen LogP contribution is -2.42. The zero-order valence-corrected chi connectivity index (χ0v) is 95.6. The number of halogens is 3. The first-order valence-corrected chi connectivity index (χ1v) is 51.0. The van der Waals surface area contributed by atoms with E-state index in [0.29, 0.717) is 124 Å². The number of aliphatic hydroxyl groups excluding tert-OH is 1. The molecule has 32 heteroatoms. The fourth-order valence-corrected chi connectivity index (χ4v) is 15.6. The number of aromatic nitrogens is 2. The number of carbonyl (C=O) groups is 12. The summed E-state index contributed by atoms with van der Waals surface area (Å²) in [7, 11) is 0. The van der Waals surface area contributed by atoms with Gasteiger partial charge in [0.2, 0.25) is 0 Å². The number of aryl methyl sites for hydroxylation is 8. The molecule has 0 saturated carbocycles. The zero-order valence-electron chi connectivity index (χ0n) is 91.9. The lowest BCUT2D eigenvalue weighted by Gasteiger charge is -2.27. The highest BCUT2D eigenvalue weighted by atomic mass is 127. The van der Waals surface area contributed by atoms with Crippen molar-refractivity contribution in [3.63, 3.8) is 0 Å². The number of benzene rings is 8. The monoisotopic (exact) mass is 2220 g/mol. The molecule has 0 aliphatic rings. The van der Waals surface area contributed by atoms with Crippen LogP contribution in [0.2, 0.25) is 0 Å². The molecule has 0 spiro atoms. The molecule has 0 fully saturated rings. The van der Waals surface area contributed by atoms with E-state index in [4.69, 9.17) is 62.8 Å². The number of fused-ring (bicyclic) bond motifs is 2. The number of hydrogen-bond donors (Lipinski definition) is 6. The van der Waals surface area contributed by atoms with Crippen LogP contribution >= 0.6 is 45.8 Å². The van der Waals surface area contributed by atoms with Crippen LogP contribution in [0.1, 0.15) is 299 Å². The van der Waals surface area contributed by atoms with Crippen LogP contribution in [0.4, 0.5) is 0 Å². The van der Waals surface area contributed by atoms with Crippen molar-refractivity contribution < 1.29 is 96.5 Å². The summed E-state index contributed by atoms with van der Waals surface area (Å²) in [6, 6.07) is 48.2. The van der Waals surface area contributed by atoms with Gasteiger partial charge >= 0.3 is 41.8 Å². The first kappa shape index (κ1) is 137. The maximum absolute atomic E-state index is 12.8. The smallest absolute Gasteiger partial charge is 0.355 e. The second-order valence-corrected chi connectivity index (χ2v) is 37.3. The Balaban J connectivity index is 0.00000166. The number of carboxylic acid groups (broad SMARTS) is 2. The number of aliphatic hydroxyl groups is 1. The summed E-state index contributed by atoms with van der Waals surface area (Å²) in [6.45, 7) is 67.1. The normalized spacial score (nSPS) is 10.2. The highest BCUT2D eigenvalue weighted by molar-refractivity contribution is 14.1. The van der Waals surface area contributed by atoms with Crippen molar-refractivity contribution in [3.8, 4) is 0 Å². The second-order valence-electron chi connectivity index (χ2n) is 35.5. The van der Waals surface area contributed by atoms with E-state index in [9.17, 15) is 72.2 Å². The van der Waals surface area contributed by atoms with Gasteiger partial charge in [-0.25, -0.2) is 14.4 Å². The fraction of sp³-hybridized carbons (Fsp3) is 0.373. The average molecular weight is 2220 g/mol. The van der Waals surface area contributed by atoms with Crippen LogP contribution in [0.15, 0.2) is 194 Å². The largest absolute Gasteiger partial charge is 0.478 e. The first-order valence-electron chi connectivity index (χ1n) is 49.1. The molecule has 0 radical (unpaired) electrons. The van der Waals surface area contributed by atoms with Crippen LogP contribution in [-0.2, 0) is 49.5 Å². The molecule has 2 amide bonds. The first-order chi connectivity index (χ1) is 70.5. The Kier molecular flexibility index (Phi) is 65.6. The lowest BCUT2D eigenvalue weighted by molar-refractivity contribution is -0.145. The van der Waals surface area contributed by atoms with Gasteiger partial charge < -0.3 is 69.7 Å². The molecular weight excluding hydrogens is 2070 g/mol. The van der Waals surface area contributed by atoms with Crippen LogP contribution in [0.3, 0.4) is 0 Å². The van der Waals surface area contributed by atoms with Crippen molar-refractivity contribution in [2.24, 2.45) is 5.73 Å². The number of ether oxygens (including phenoxy) is 5. The molecular formula is C118H154Cl2IN7O22. The van der Waals surface area contributed by atoms with Crippen molar-refractivity contribution in [3.05, 3.63) is 325 Å². The Labute approximate surface area is 908 Å². The molecule has 7 N–H and O–H groups in total. The zero-order chi connectivity index (χ0) is 115. The Morgan fingerprint density at radius 2 is 0.680 bits per heavy atom. The molecule has 0 atom stereocenters. The van der Waals surface area contributed by atoms with E-state index in [1.807, 2.05) is 263 Å². The van der Waals surface area contributed by atoms with Crippen molar-refractivity contribution >= 4 is 162 Å². The summed E-state index contributed by atoms with van der Waals surface area (Å²) >= 11 is 12.8. The maximum atomic E-state index is 12.8. The van der Waals surface area contributed by atoms with Crippen molar-refractivity contribution in [2.75, 3.05) is 59.2 Å². The minimum Gasteiger partial charge on any atom is -0.478 e. The van der Waals surface area contributed by atoms with Gasteiger partial charge in [0, 0.05) is 67.8 Å². The van der Waals surface area contributed by atoms with Crippen molar-refractivity contribution in [2.45, 2.75) is 236 Å². The standard InChI is InChI=1S/C17H23NO3.C16H21NO4.C16H19NO3.C14H17NO2.2C10H9ClO.C10H10O2.C8H7IO2.2C7H15NO2.C3H9N/c1-6-14-10-8-9-13(5)16(14)17(20)18(12(3)4)11-15(19)21-7-2;1-5-21-14(19)9-17(11(2)3)16(20)15-12(4)7-6-8-13(15)10-18;1-5-20-16(19)13-9-12-8-6-7-11(4)14(12)15(18)17(13)10(2)3;1-9(2)15-12(8-16)7-11-6-4-5-10(3)13(11)14(15)17;3*1-3-8-6-4-5-7(2)9(8)10(11)12;1-5-3-2-4-6(9)7(5)8(10)11;2*1-4-10-7(9)5-8-6(2)3;1-3(2)4/h6,8-10,12H,1,7,11H2,2-5H3;6-8,10-11H,5,9H2,1-4H3;6-10H,5H2,1-4H3;4-7,9,16H,8H2,1-3H3;2*3-6H,1H2,2H3;3-6H,1H2,2H3,(H,11,12);2-4H,1H3,(H,10,11);2*6,8H,4-5H2,1-3H3;3H,4H2,1-2H3. The van der Waals surface area contributed by atoms with Crippen LogP contribution < -0.4 is 27.5 Å². The fourth-order valence-electron chi connectivity index (χ4n) is 14.2. The number of pyridine rings is 2. The van der Waals surface area contributed by atoms with Gasteiger partial charge in [0.15, 0.2) is 6.29 Å². The summed E-state index contributed by atoms with van der Waals surface area (Å²) in [6.07, 6.45) is 7.12. The molecule has 29 nitrogen and oxygen atoms in total. The Morgan fingerprint density at radius 1 is 0.400 bits per heavy atom. The molecule has 150 heavy (non-hydrogen) atoms. The Bertz CT molecular complexity index is 6030. The third kappa shape index (κ3) is 46.3. The van der Waals surface area contributed by atoms with E-state index in [1.165, 1.54) is 14.4 Å². The van der Waals surface area contributed by atoms with Gasteiger partial charge in [-0.15, -0.1) is 0 Å². The second kappa shape index (κ2) is 72.0. The molecule has 0 aliphatic heterocycles. The van der Waals surface area contributed by atoms with Gasteiger partial charge in [0.25, 0.3) is 33.4 Å². The lowest BCUT2D eigenvalue weighted by atomic mass is 10.00. The van der Waals surface area contributed by atoms with Gasteiger partial charge in [-0.1, -0.05) is 232 Å². The van der Waals surface area contributed by atoms with Gasteiger partial charge in [-0.2, -0.15) is 0 Å². The van der Waals surface area contributed by atoms with E-state index < -0.39 is 40.3 Å². The van der Waals surface area contributed by atoms with Crippen LogP contribution in [0.5, 0.6) is 0 Å². The predicted octanol–water partition coefficient (Wildman–Crippen LogP) is 22.8. The number of carboxylic acids is 2. The molecule has 0 unspecified atom stereocenters. The van der Waals surface area contributed by atoms with Crippen LogP contribution in [-0.4, -0.2) is 194 Å². The number of amides is 2. The number of esters is 5. The van der Waals surface area contributed by atoms with Gasteiger partial charge in [0.05, 0.1) is 80.2 Å². The van der Waals surface area contributed by atoms with Gasteiger partial charge in [0.1, 0.15) is 18.8 Å². The number of rotatable bonds is 32. The quantitative estimate of drug-likeness (QED) is 0.00749.